The maximum atomic E-state index is 11.7. The molecule has 122 valence electrons. The molecule has 2 amide bonds. The first-order chi connectivity index (χ1) is 9.99. The molecular formula is C15H28N2O3S. The number of hydrogen-bond acceptors (Lipinski definition) is 3. The van der Waals surface area contributed by atoms with Crippen molar-refractivity contribution in [3.8, 4) is 0 Å². The number of carboxylic acid groups (broad SMARTS) is 1. The Hall–Kier alpha value is -0.910. The number of nitrogens with one attached hydrogen (secondary N) is 2. The van der Waals surface area contributed by atoms with Crippen molar-refractivity contribution in [2.45, 2.75) is 39.5 Å². The average molecular weight is 316 g/mol. The number of carbonyl (C=O) groups excluding carboxylic acids is 1. The van der Waals surface area contributed by atoms with Gasteiger partial charge in [-0.15, -0.1) is 0 Å². The van der Waals surface area contributed by atoms with E-state index in [9.17, 15) is 9.59 Å². The van der Waals surface area contributed by atoms with Crippen LogP contribution in [0, 0.1) is 17.8 Å². The van der Waals surface area contributed by atoms with Gasteiger partial charge in [0.05, 0.1) is 0 Å². The summed E-state index contributed by atoms with van der Waals surface area (Å²) in [5, 5.41) is 14.5. The van der Waals surface area contributed by atoms with E-state index in [4.69, 9.17) is 5.11 Å². The molecule has 0 aromatic carbocycles. The van der Waals surface area contributed by atoms with Gasteiger partial charge in [-0.05, 0) is 48.5 Å². The molecule has 0 aromatic heterocycles. The number of rotatable bonds is 9. The molecule has 0 spiro atoms. The number of carbonyl (C=O) groups is 2. The molecule has 0 aliphatic carbocycles. The van der Waals surface area contributed by atoms with Crippen molar-refractivity contribution in [1.82, 2.24) is 10.6 Å². The van der Waals surface area contributed by atoms with Crippen LogP contribution in [-0.4, -0.2) is 41.7 Å². The van der Waals surface area contributed by atoms with Crippen molar-refractivity contribution in [3.63, 3.8) is 0 Å². The highest BCUT2D eigenvalue weighted by Crippen LogP contribution is 2.22. The van der Waals surface area contributed by atoms with Gasteiger partial charge in [0.25, 0.3) is 0 Å². The fourth-order valence-corrected chi connectivity index (χ4v) is 3.82. The summed E-state index contributed by atoms with van der Waals surface area (Å²) in [5.41, 5.74) is 0. The van der Waals surface area contributed by atoms with Crippen molar-refractivity contribution in [1.29, 1.82) is 0 Å². The van der Waals surface area contributed by atoms with Crippen molar-refractivity contribution in [2.24, 2.45) is 17.8 Å². The third-order valence-corrected chi connectivity index (χ3v) is 5.28. The molecule has 0 saturated carbocycles. The van der Waals surface area contributed by atoms with E-state index >= 15 is 0 Å². The minimum Gasteiger partial charge on any atom is -0.481 e. The van der Waals surface area contributed by atoms with E-state index in [1.807, 2.05) is 11.8 Å². The first-order valence-corrected chi connectivity index (χ1v) is 8.95. The lowest BCUT2D eigenvalue weighted by molar-refractivity contribution is -0.137. The van der Waals surface area contributed by atoms with Crippen molar-refractivity contribution < 1.29 is 14.7 Å². The van der Waals surface area contributed by atoms with Gasteiger partial charge in [-0.25, -0.2) is 4.79 Å². The molecule has 5 nitrogen and oxygen atoms in total. The molecule has 1 fully saturated rings. The highest BCUT2D eigenvalue weighted by Gasteiger charge is 2.17. The van der Waals surface area contributed by atoms with Crippen LogP contribution in [-0.2, 0) is 4.79 Å². The average Bonchev–Trinajstić information content (AvgIpc) is 2.92. The van der Waals surface area contributed by atoms with E-state index in [0.717, 1.165) is 18.7 Å². The Kier molecular flexibility index (Phi) is 8.57. The molecule has 6 heteroatoms. The summed E-state index contributed by atoms with van der Waals surface area (Å²) in [6.45, 7) is 5.56. The zero-order chi connectivity index (χ0) is 15.7. The highest BCUT2D eigenvalue weighted by atomic mass is 32.2. The van der Waals surface area contributed by atoms with Gasteiger partial charge in [0, 0.05) is 19.5 Å². The number of amides is 2. The molecule has 2 unspecified atom stereocenters. The van der Waals surface area contributed by atoms with Gasteiger partial charge in [-0.2, -0.15) is 11.8 Å². The van der Waals surface area contributed by atoms with Gasteiger partial charge in [-0.3, -0.25) is 4.79 Å². The molecule has 1 heterocycles. The molecule has 0 bridgehead atoms. The monoisotopic (exact) mass is 316 g/mol. The molecule has 1 rings (SSSR count). The topological polar surface area (TPSA) is 78.4 Å². The Morgan fingerprint density at radius 2 is 2.05 bits per heavy atom. The lowest BCUT2D eigenvalue weighted by atomic mass is 9.88. The molecule has 1 aliphatic rings. The Labute approximate surface area is 131 Å². The summed E-state index contributed by atoms with van der Waals surface area (Å²) >= 11 is 1.95. The van der Waals surface area contributed by atoms with E-state index in [1.165, 1.54) is 12.2 Å². The van der Waals surface area contributed by atoms with Crippen LogP contribution in [0.25, 0.3) is 0 Å². The Bertz CT molecular complexity index is 331. The largest absolute Gasteiger partial charge is 0.481 e. The van der Waals surface area contributed by atoms with Crippen LogP contribution in [0.15, 0.2) is 0 Å². The highest BCUT2D eigenvalue weighted by molar-refractivity contribution is 7.99. The van der Waals surface area contributed by atoms with Crippen LogP contribution >= 0.6 is 11.8 Å². The first kappa shape index (κ1) is 18.1. The van der Waals surface area contributed by atoms with Crippen LogP contribution in [0.2, 0.25) is 0 Å². The van der Waals surface area contributed by atoms with Crippen LogP contribution in [0.4, 0.5) is 4.79 Å². The maximum absolute atomic E-state index is 11.7. The molecular weight excluding hydrogens is 288 g/mol. The van der Waals surface area contributed by atoms with E-state index in [-0.39, 0.29) is 12.5 Å². The van der Waals surface area contributed by atoms with E-state index < -0.39 is 5.97 Å². The van der Waals surface area contributed by atoms with Gasteiger partial charge in [0.2, 0.25) is 0 Å². The number of hydrogen-bond donors (Lipinski definition) is 3. The summed E-state index contributed by atoms with van der Waals surface area (Å²) in [6, 6.07) is -0.104. The third-order valence-electron chi connectivity index (χ3n) is 4.05. The summed E-state index contributed by atoms with van der Waals surface area (Å²) in [4.78, 5) is 22.3. The van der Waals surface area contributed by atoms with Crippen LogP contribution < -0.4 is 10.6 Å². The summed E-state index contributed by atoms with van der Waals surface area (Å²) in [7, 11) is 0. The van der Waals surface area contributed by atoms with Gasteiger partial charge < -0.3 is 15.7 Å². The normalized spacial score (nSPS) is 19.5. The lowest BCUT2D eigenvalue weighted by Gasteiger charge is -2.20. The minimum atomic E-state index is -0.749. The molecule has 21 heavy (non-hydrogen) atoms. The summed E-state index contributed by atoms with van der Waals surface area (Å²) in [5.74, 6) is 2.98. The second-order valence-electron chi connectivity index (χ2n) is 6.09. The number of thioether (sulfide) groups is 1. The molecule has 1 saturated heterocycles. The van der Waals surface area contributed by atoms with Gasteiger partial charge >= 0.3 is 12.0 Å². The van der Waals surface area contributed by atoms with Crippen LogP contribution in [0.1, 0.15) is 39.5 Å². The number of urea groups is 1. The standard InChI is InChI=1S/C15H28N2O3S/c1-11(2)13(3-4-14(18)19)5-7-16-15(20)17-9-12-6-8-21-10-12/h11-13H,3-10H2,1-2H3,(H,18,19)(H2,16,17,20). The van der Waals surface area contributed by atoms with E-state index in [1.54, 1.807) is 0 Å². The quantitative estimate of drug-likeness (QED) is 0.611. The predicted octanol–water partition coefficient (Wildman–Crippen LogP) is 2.57. The van der Waals surface area contributed by atoms with Crippen molar-refractivity contribution >= 4 is 23.8 Å². The van der Waals surface area contributed by atoms with Gasteiger partial charge in [0.1, 0.15) is 0 Å². The Balaban J connectivity index is 2.13. The second kappa shape index (κ2) is 9.92. The van der Waals surface area contributed by atoms with Gasteiger partial charge in [-0.1, -0.05) is 13.8 Å². The summed E-state index contributed by atoms with van der Waals surface area (Å²) in [6.07, 6.45) is 2.90. The fraction of sp³-hybridized carbons (Fsp3) is 0.867. The van der Waals surface area contributed by atoms with Crippen molar-refractivity contribution in [3.05, 3.63) is 0 Å². The van der Waals surface area contributed by atoms with Crippen molar-refractivity contribution in [2.75, 3.05) is 24.6 Å². The third kappa shape index (κ3) is 8.19. The Morgan fingerprint density at radius 1 is 1.29 bits per heavy atom. The van der Waals surface area contributed by atoms with Crippen LogP contribution in [0.3, 0.4) is 0 Å². The maximum Gasteiger partial charge on any atom is 0.314 e. The zero-order valence-corrected chi connectivity index (χ0v) is 13.9. The molecule has 0 aromatic rings. The van der Waals surface area contributed by atoms with Gasteiger partial charge in [0.15, 0.2) is 0 Å². The fourth-order valence-electron chi connectivity index (χ4n) is 2.53. The molecule has 3 N–H and O–H groups in total. The van der Waals surface area contributed by atoms with Crippen LogP contribution in [0.5, 0.6) is 0 Å². The smallest absolute Gasteiger partial charge is 0.314 e. The molecule has 2 atom stereocenters. The molecule has 1 aliphatic heterocycles. The SMILES string of the molecule is CC(C)C(CCNC(=O)NCC1CCSC1)CCC(=O)O. The Morgan fingerprint density at radius 3 is 2.62 bits per heavy atom. The number of carboxylic acids is 1. The predicted molar refractivity (Wildman–Crippen MR) is 86.6 cm³/mol. The lowest BCUT2D eigenvalue weighted by Crippen LogP contribution is -2.39. The van der Waals surface area contributed by atoms with E-state index in [2.05, 4.69) is 24.5 Å². The van der Waals surface area contributed by atoms with E-state index in [0.29, 0.717) is 30.7 Å². The molecule has 0 radical (unpaired) electrons. The first-order valence-electron chi connectivity index (χ1n) is 7.80. The minimum absolute atomic E-state index is 0.104. The second-order valence-corrected chi connectivity index (χ2v) is 7.24. The zero-order valence-electron chi connectivity index (χ0n) is 13.1. The number of aliphatic carboxylic acids is 1. The summed E-state index contributed by atoms with van der Waals surface area (Å²) < 4.78 is 0.